The van der Waals surface area contributed by atoms with Crippen molar-refractivity contribution < 1.29 is 19.1 Å². The number of nitrogens with one attached hydrogen (secondary N) is 1. The van der Waals surface area contributed by atoms with Crippen LogP contribution in [-0.2, 0) is 16.0 Å². The largest absolute Gasteiger partial charge is 0.493 e. The summed E-state index contributed by atoms with van der Waals surface area (Å²) in [4.78, 5) is 28.3. The van der Waals surface area contributed by atoms with Crippen molar-refractivity contribution in [1.82, 2.24) is 10.2 Å². The molecule has 2 aromatic carbocycles. The molecule has 0 radical (unpaired) electrons. The first-order valence-electron chi connectivity index (χ1n) is 11.9. The summed E-state index contributed by atoms with van der Waals surface area (Å²) in [5.41, 5.74) is 1.74. The summed E-state index contributed by atoms with van der Waals surface area (Å²) >= 11 is 6.01. The molecular formula is C27H35ClN2O4. The van der Waals surface area contributed by atoms with Crippen LogP contribution in [0, 0.1) is 5.92 Å². The summed E-state index contributed by atoms with van der Waals surface area (Å²) < 4.78 is 10.8. The molecule has 1 aliphatic carbocycles. The van der Waals surface area contributed by atoms with E-state index in [2.05, 4.69) is 12.2 Å². The molecule has 3 rings (SSSR count). The molecule has 1 unspecified atom stereocenters. The number of carbonyl (C=O) groups is 2. The predicted molar refractivity (Wildman–Crippen MR) is 134 cm³/mol. The summed E-state index contributed by atoms with van der Waals surface area (Å²) in [6.07, 6.45) is 4.67. The van der Waals surface area contributed by atoms with Gasteiger partial charge in [0.2, 0.25) is 11.8 Å². The van der Waals surface area contributed by atoms with Crippen molar-refractivity contribution >= 4 is 23.4 Å². The molecule has 0 heterocycles. The number of rotatable bonds is 10. The van der Waals surface area contributed by atoms with Crippen molar-refractivity contribution in [2.75, 3.05) is 26.6 Å². The van der Waals surface area contributed by atoms with E-state index in [1.807, 2.05) is 36.4 Å². The van der Waals surface area contributed by atoms with Crippen LogP contribution in [0.5, 0.6) is 11.5 Å². The van der Waals surface area contributed by atoms with Crippen LogP contribution in [0.2, 0.25) is 0 Å². The zero-order chi connectivity index (χ0) is 24.5. The molecule has 0 aromatic heterocycles. The van der Waals surface area contributed by atoms with E-state index in [9.17, 15) is 9.59 Å². The Hall–Kier alpha value is -2.73. The molecule has 0 saturated heterocycles. The second-order valence-corrected chi connectivity index (χ2v) is 9.21. The van der Waals surface area contributed by atoms with E-state index < -0.39 is 6.04 Å². The Morgan fingerprint density at radius 2 is 1.71 bits per heavy atom. The number of alkyl halides is 1. The van der Waals surface area contributed by atoms with E-state index in [4.69, 9.17) is 21.1 Å². The van der Waals surface area contributed by atoms with Gasteiger partial charge in [-0.3, -0.25) is 9.59 Å². The van der Waals surface area contributed by atoms with Gasteiger partial charge in [-0.05, 0) is 61.3 Å². The quantitative estimate of drug-likeness (QED) is 0.492. The van der Waals surface area contributed by atoms with Crippen LogP contribution in [0.1, 0.15) is 49.8 Å². The highest BCUT2D eigenvalue weighted by Crippen LogP contribution is 2.33. The molecule has 2 amide bonds. The summed E-state index contributed by atoms with van der Waals surface area (Å²) in [5.74, 6) is 1.06. The number of benzene rings is 2. The Morgan fingerprint density at radius 3 is 2.32 bits per heavy atom. The van der Waals surface area contributed by atoms with Gasteiger partial charge in [0.15, 0.2) is 11.5 Å². The van der Waals surface area contributed by atoms with Gasteiger partial charge in [0.1, 0.15) is 11.9 Å². The Labute approximate surface area is 207 Å². The lowest BCUT2D eigenvalue weighted by Crippen LogP contribution is -2.48. The molecule has 2 aromatic rings. The predicted octanol–water partition coefficient (Wildman–Crippen LogP) is 4.75. The van der Waals surface area contributed by atoms with Gasteiger partial charge in [0.05, 0.1) is 14.2 Å². The SMILES string of the molecule is COc1ccc(C(C(=O)NC2CCC(C)CC2)N(CCc2ccccc2)C(=O)CCl)cc1OC. The fourth-order valence-electron chi connectivity index (χ4n) is 4.55. The molecule has 34 heavy (non-hydrogen) atoms. The molecule has 0 spiro atoms. The molecule has 1 aliphatic rings. The average molecular weight is 487 g/mol. The van der Waals surface area contributed by atoms with E-state index in [1.54, 1.807) is 31.3 Å². The molecule has 1 N–H and O–H groups in total. The van der Waals surface area contributed by atoms with Crippen molar-refractivity contribution in [1.29, 1.82) is 0 Å². The summed E-state index contributed by atoms with van der Waals surface area (Å²) in [6.45, 7) is 2.61. The van der Waals surface area contributed by atoms with Gasteiger partial charge in [-0.2, -0.15) is 0 Å². The van der Waals surface area contributed by atoms with E-state index in [-0.39, 0.29) is 23.7 Å². The highest BCUT2D eigenvalue weighted by atomic mass is 35.5. The number of halogens is 1. The standard InChI is InChI=1S/C27H35ClN2O4/c1-19-9-12-22(13-10-19)29-27(32)26(21-11-14-23(33-2)24(17-21)34-3)30(25(31)18-28)16-15-20-7-5-4-6-8-20/h4-8,11,14,17,19,22,26H,9-10,12-13,15-16,18H2,1-3H3,(H,29,32). The first kappa shape index (κ1) is 25.9. The van der Waals surface area contributed by atoms with E-state index >= 15 is 0 Å². The lowest BCUT2D eigenvalue weighted by atomic mass is 9.87. The van der Waals surface area contributed by atoms with E-state index in [1.165, 1.54) is 0 Å². The smallest absolute Gasteiger partial charge is 0.247 e. The minimum atomic E-state index is -0.825. The third-order valence-corrected chi connectivity index (χ3v) is 6.79. The molecule has 6 nitrogen and oxygen atoms in total. The average Bonchev–Trinajstić information content (AvgIpc) is 2.87. The zero-order valence-electron chi connectivity index (χ0n) is 20.3. The fraction of sp³-hybridized carbons (Fsp3) is 0.481. The highest BCUT2D eigenvalue weighted by Gasteiger charge is 2.33. The number of amides is 2. The van der Waals surface area contributed by atoms with Crippen molar-refractivity contribution in [2.45, 2.75) is 51.1 Å². The van der Waals surface area contributed by atoms with Crippen LogP contribution in [0.4, 0.5) is 0 Å². The number of carbonyl (C=O) groups excluding carboxylic acids is 2. The molecular weight excluding hydrogens is 452 g/mol. The monoisotopic (exact) mass is 486 g/mol. The van der Waals surface area contributed by atoms with Gasteiger partial charge in [0, 0.05) is 12.6 Å². The number of hydrogen-bond acceptors (Lipinski definition) is 4. The molecule has 1 saturated carbocycles. The van der Waals surface area contributed by atoms with Crippen LogP contribution >= 0.6 is 11.6 Å². The third kappa shape index (κ3) is 6.66. The third-order valence-electron chi connectivity index (χ3n) is 6.56. The Kier molecular flexibility index (Phi) is 9.63. The zero-order valence-corrected chi connectivity index (χ0v) is 21.0. The summed E-state index contributed by atoms with van der Waals surface area (Å²) in [7, 11) is 3.12. The first-order valence-corrected chi connectivity index (χ1v) is 12.4. The van der Waals surface area contributed by atoms with Crippen LogP contribution in [0.25, 0.3) is 0 Å². The Balaban J connectivity index is 1.93. The maximum Gasteiger partial charge on any atom is 0.247 e. The lowest BCUT2D eigenvalue weighted by molar-refractivity contribution is -0.139. The number of ether oxygens (including phenoxy) is 2. The molecule has 1 fully saturated rings. The number of nitrogens with zero attached hydrogens (tertiary/aromatic N) is 1. The van der Waals surface area contributed by atoms with Gasteiger partial charge in [-0.1, -0.05) is 43.3 Å². The van der Waals surface area contributed by atoms with Crippen molar-refractivity contribution in [3.8, 4) is 11.5 Å². The van der Waals surface area contributed by atoms with Gasteiger partial charge in [-0.25, -0.2) is 0 Å². The molecule has 0 aliphatic heterocycles. The van der Waals surface area contributed by atoms with Crippen molar-refractivity contribution in [2.24, 2.45) is 5.92 Å². The van der Waals surface area contributed by atoms with Gasteiger partial charge >= 0.3 is 0 Å². The summed E-state index contributed by atoms with van der Waals surface area (Å²) in [6, 6.07) is 14.5. The second kappa shape index (κ2) is 12.7. The minimum absolute atomic E-state index is 0.105. The Bertz CT molecular complexity index is 945. The van der Waals surface area contributed by atoms with Crippen LogP contribution < -0.4 is 14.8 Å². The molecule has 0 bridgehead atoms. The van der Waals surface area contributed by atoms with Crippen molar-refractivity contribution in [3.63, 3.8) is 0 Å². The van der Waals surface area contributed by atoms with Crippen LogP contribution in [0.15, 0.2) is 48.5 Å². The second-order valence-electron chi connectivity index (χ2n) is 8.94. The Morgan fingerprint density at radius 1 is 1.03 bits per heavy atom. The molecule has 7 heteroatoms. The maximum atomic E-state index is 13.7. The van der Waals surface area contributed by atoms with Gasteiger partial charge in [-0.15, -0.1) is 11.6 Å². The van der Waals surface area contributed by atoms with Crippen LogP contribution in [0.3, 0.4) is 0 Å². The lowest BCUT2D eigenvalue weighted by Gasteiger charge is -2.34. The first-order chi connectivity index (χ1) is 16.5. The van der Waals surface area contributed by atoms with E-state index in [0.717, 1.165) is 31.2 Å². The highest BCUT2D eigenvalue weighted by molar-refractivity contribution is 6.27. The van der Waals surface area contributed by atoms with E-state index in [0.29, 0.717) is 35.9 Å². The van der Waals surface area contributed by atoms with Crippen molar-refractivity contribution in [3.05, 3.63) is 59.7 Å². The molecule has 1 atom stereocenters. The topological polar surface area (TPSA) is 67.9 Å². The molecule has 184 valence electrons. The number of methoxy groups -OCH3 is 2. The van der Waals surface area contributed by atoms with Crippen LogP contribution in [-0.4, -0.2) is 49.4 Å². The normalized spacial score (nSPS) is 18.6. The minimum Gasteiger partial charge on any atom is -0.493 e. The number of hydrogen-bond donors (Lipinski definition) is 1. The maximum absolute atomic E-state index is 13.7. The van der Waals surface area contributed by atoms with Gasteiger partial charge in [0.25, 0.3) is 0 Å². The fourth-order valence-corrected chi connectivity index (χ4v) is 4.70. The van der Waals surface area contributed by atoms with Gasteiger partial charge < -0.3 is 19.7 Å². The summed E-state index contributed by atoms with van der Waals surface area (Å²) in [5, 5.41) is 3.21.